The highest BCUT2D eigenvalue weighted by atomic mass is 16.5. The van der Waals surface area contributed by atoms with Gasteiger partial charge in [0, 0.05) is 12.5 Å². The maximum atomic E-state index is 12.8. The van der Waals surface area contributed by atoms with Gasteiger partial charge in [-0.25, -0.2) is 9.59 Å². The van der Waals surface area contributed by atoms with Crippen molar-refractivity contribution in [3.05, 3.63) is 83.2 Å². The fourth-order valence-corrected chi connectivity index (χ4v) is 4.16. The predicted octanol–water partition coefficient (Wildman–Crippen LogP) is 1.10. The van der Waals surface area contributed by atoms with E-state index in [4.69, 9.17) is 9.47 Å². The number of hydrogen-bond donors (Lipinski definition) is 4. The Morgan fingerprint density at radius 3 is 1.74 bits per heavy atom. The van der Waals surface area contributed by atoms with Crippen molar-refractivity contribution >= 4 is 46.4 Å². The molecule has 0 unspecified atom stereocenters. The molecule has 0 saturated carbocycles. The molecule has 0 spiro atoms. The molecule has 0 aliphatic carbocycles. The maximum absolute atomic E-state index is 12.8. The van der Waals surface area contributed by atoms with Crippen molar-refractivity contribution in [1.82, 2.24) is 50.5 Å². The zero-order chi connectivity index (χ0) is 32.9. The molecule has 0 atom stereocenters. The summed E-state index contributed by atoms with van der Waals surface area (Å²) in [5.41, 5.74) is 0.197. The molecular formula is C27H20N12O8. The lowest BCUT2D eigenvalue weighted by Crippen LogP contribution is -2.18. The van der Waals surface area contributed by atoms with Crippen LogP contribution in [-0.2, 0) is 0 Å². The molecule has 20 heteroatoms. The number of fused-ring (bicyclic) bond motifs is 2. The number of amides is 2. The molecule has 6 aromatic rings. The average Bonchev–Trinajstić information content (AvgIpc) is 3.74. The second kappa shape index (κ2) is 12.9. The van der Waals surface area contributed by atoms with Gasteiger partial charge < -0.3 is 30.3 Å². The number of hydrogen-bond acceptors (Lipinski definition) is 14. The molecule has 4 heterocycles. The predicted molar refractivity (Wildman–Crippen MR) is 155 cm³/mol. The molecule has 2 amide bonds. The summed E-state index contributed by atoms with van der Waals surface area (Å²) in [6.07, 6.45) is 0.352. The van der Waals surface area contributed by atoms with Gasteiger partial charge in [0.15, 0.2) is 22.7 Å². The number of carboxylic acids is 2. The highest BCUT2D eigenvalue weighted by Crippen LogP contribution is 2.25. The number of nitrogens with zero attached hydrogens (tertiary/aromatic N) is 10. The molecule has 0 saturated heterocycles. The van der Waals surface area contributed by atoms with E-state index in [0.717, 1.165) is 9.26 Å². The van der Waals surface area contributed by atoms with E-state index < -0.39 is 23.8 Å². The quantitative estimate of drug-likeness (QED) is 0.136. The zero-order valence-corrected chi connectivity index (χ0v) is 23.7. The lowest BCUT2D eigenvalue weighted by molar-refractivity contribution is 0.0686. The number of aromatic nitrogens is 10. The van der Waals surface area contributed by atoms with Gasteiger partial charge >= 0.3 is 11.9 Å². The third kappa shape index (κ3) is 6.69. The SMILES string of the molecule is O=C(Nc1cc(OCCCOc2ccc(NC(=O)c3ccc4nnnn4n3)c(C(=O)O)c2)ccc1C(=O)O)c1ccc2nnnn2n1. The van der Waals surface area contributed by atoms with E-state index in [9.17, 15) is 29.4 Å². The van der Waals surface area contributed by atoms with Crippen LogP contribution in [0, 0.1) is 0 Å². The van der Waals surface area contributed by atoms with Gasteiger partial charge in [0.25, 0.3) is 11.8 Å². The minimum atomic E-state index is -1.29. The number of benzene rings is 2. The van der Waals surface area contributed by atoms with Crippen molar-refractivity contribution in [2.45, 2.75) is 6.42 Å². The average molecular weight is 641 g/mol. The third-order valence-corrected chi connectivity index (χ3v) is 6.37. The zero-order valence-electron chi connectivity index (χ0n) is 23.7. The molecule has 0 aliphatic rings. The number of nitrogens with one attached hydrogen (secondary N) is 2. The van der Waals surface area contributed by atoms with Gasteiger partial charge in [-0.3, -0.25) is 9.59 Å². The third-order valence-electron chi connectivity index (χ3n) is 6.37. The molecule has 20 nitrogen and oxygen atoms in total. The number of carbonyl (C=O) groups is 4. The Hall–Kier alpha value is -7.12. The molecular weight excluding hydrogens is 620 g/mol. The Morgan fingerprint density at radius 1 is 0.638 bits per heavy atom. The van der Waals surface area contributed by atoms with Gasteiger partial charge in [0.1, 0.15) is 11.5 Å². The van der Waals surface area contributed by atoms with Crippen molar-refractivity contribution in [2.24, 2.45) is 0 Å². The smallest absolute Gasteiger partial charge is 0.337 e. The molecule has 4 N–H and O–H groups in total. The van der Waals surface area contributed by atoms with Crippen LogP contribution in [0.3, 0.4) is 0 Å². The highest BCUT2D eigenvalue weighted by Gasteiger charge is 2.18. The minimum absolute atomic E-state index is 0.0185. The second-order valence-corrected chi connectivity index (χ2v) is 9.47. The monoisotopic (exact) mass is 640 g/mol. The van der Waals surface area contributed by atoms with Gasteiger partial charge in [-0.05, 0) is 75.5 Å². The summed E-state index contributed by atoms with van der Waals surface area (Å²) in [5.74, 6) is -3.41. The fraction of sp³-hybridized carbons (Fsp3) is 0.111. The van der Waals surface area contributed by atoms with Crippen molar-refractivity contribution in [2.75, 3.05) is 23.8 Å². The number of carbonyl (C=O) groups excluding carboxylic acids is 2. The van der Waals surface area contributed by atoms with E-state index in [-0.39, 0.29) is 58.6 Å². The number of tetrazole rings is 2. The number of anilines is 2. The van der Waals surface area contributed by atoms with Crippen molar-refractivity contribution in [3.63, 3.8) is 0 Å². The summed E-state index contributed by atoms with van der Waals surface area (Å²) in [6.45, 7) is 0.263. The maximum Gasteiger partial charge on any atom is 0.337 e. The van der Waals surface area contributed by atoms with Gasteiger partial charge in [-0.1, -0.05) is 0 Å². The number of carboxylic acid groups (broad SMARTS) is 2. The molecule has 236 valence electrons. The van der Waals surface area contributed by atoms with Crippen LogP contribution in [-0.4, -0.2) is 97.7 Å². The highest BCUT2D eigenvalue weighted by molar-refractivity contribution is 6.07. The summed E-state index contributed by atoms with van der Waals surface area (Å²) < 4.78 is 13.5. The van der Waals surface area contributed by atoms with Crippen LogP contribution in [0.25, 0.3) is 11.3 Å². The van der Waals surface area contributed by atoms with Crippen LogP contribution in [0.2, 0.25) is 0 Å². The van der Waals surface area contributed by atoms with E-state index in [1.165, 1.54) is 60.7 Å². The van der Waals surface area contributed by atoms with Crippen LogP contribution < -0.4 is 20.1 Å². The fourth-order valence-electron chi connectivity index (χ4n) is 4.16. The molecule has 2 aromatic carbocycles. The van der Waals surface area contributed by atoms with Crippen LogP contribution in [0.15, 0.2) is 60.7 Å². The topological polar surface area (TPSA) is 263 Å². The summed E-state index contributed by atoms with van der Waals surface area (Å²) in [7, 11) is 0. The number of ether oxygens (including phenoxy) is 2. The normalized spacial score (nSPS) is 10.9. The van der Waals surface area contributed by atoms with E-state index in [2.05, 4.69) is 51.9 Å². The second-order valence-electron chi connectivity index (χ2n) is 9.47. The lowest BCUT2D eigenvalue weighted by atomic mass is 10.1. The van der Waals surface area contributed by atoms with Gasteiger partial charge in [-0.2, -0.15) is 0 Å². The Balaban J connectivity index is 1.04. The van der Waals surface area contributed by atoms with Crippen molar-refractivity contribution in [1.29, 1.82) is 0 Å². The van der Waals surface area contributed by atoms with Crippen LogP contribution >= 0.6 is 0 Å². The molecule has 47 heavy (non-hydrogen) atoms. The number of rotatable bonds is 12. The van der Waals surface area contributed by atoms with E-state index in [1.807, 2.05) is 0 Å². The Bertz CT molecular complexity index is 2160. The molecule has 0 bridgehead atoms. The summed E-state index contributed by atoms with van der Waals surface area (Å²) in [5, 5.41) is 53.9. The van der Waals surface area contributed by atoms with E-state index in [0.29, 0.717) is 17.7 Å². The largest absolute Gasteiger partial charge is 0.493 e. The van der Waals surface area contributed by atoms with Gasteiger partial charge in [0.2, 0.25) is 0 Å². The van der Waals surface area contributed by atoms with Gasteiger partial charge in [-0.15, -0.1) is 29.7 Å². The van der Waals surface area contributed by atoms with Crippen LogP contribution in [0.4, 0.5) is 11.4 Å². The Morgan fingerprint density at radius 2 is 1.17 bits per heavy atom. The first kappa shape index (κ1) is 29.9. The molecule has 0 aliphatic heterocycles. The molecule has 0 radical (unpaired) electrons. The summed E-state index contributed by atoms with van der Waals surface area (Å²) in [6, 6.07) is 14.0. The summed E-state index contributed by atoms with van der Waals surface area (Å²) >= 11 is 0. The van der Waals surface area contributed by atoms with Crippen molar-refractivity contribution in [3.8, 4) is 11.5 Å². The van der Waals surface area contributed by atoms with Gasteiger partial charge in [0.05, 0.1) is 35.7 Å². The summed E-state index contributed by atoms with van der Waals surface area (Å²) in [4.78, 5) is 49.1. The first-order chi connectivity index (χ1) is 22.7. The molecule has 0 fully saturated rings. The first-order valence-corrected chi connectivity index (χ1v) is 13.5. The number of aromatic carboxylic acids is 2. The Kier molecular flexibility index (Phi) is 8.19. The molecule has 4 aromatic heterocycles. The van der Waals surface area contributed by atoms with Crippen LogP contribution in [0.1, 0.15) is 48.1 Å². The van der Waals surface area contributed by atoms with E-state index >= 15 is 0 Å². The van der Waals surface area contributed by atoms with Crippen molar-refractivity contribution < 1.29 is 38.9 Å². The lowest BCUT2D eigenvalue weighted by Gasteiger charge is -2.13. The minimum Gasteiger partial charge on any atom is -0.493 e. The molecule has 6 rings (SSSR count). The Labute approximate surface area is 260 Å². The first-order valence-electron chi connectivity index (χ1n) is 13.5. The van der Waals surface area contributed by atoms with Crippen LogP contribution in [0.5, 0.6) is 11.5 Å². The standard InChI is InChI=1S/C27H20N12O8/c40-24(19-6-8-22-30-34-36-38(22)32-19)28-18-5-3-14(12-17(18)27(44)45)46-10-1-11-47-15-2-4-16(26(42)43)21(13-15)29-25(41)20-7-9-23-31-35-37-39(23)33-20/h2-9,12-13H,1,10-11H2,(H,28,40)(H,29,41)(H,42,43)(H,44,45). The van der Waals surface area contributed by atoms with E-state index in [1.54, 1.807) is 0 Å².